The second-order valence-corrected chi connectivity index (χ2v) is 8.07. The molecule has 2 heterocycles. The van der Waals surface area contributed by atoms with Crippen LogP contribution in [0.5, 0.6) is 11.5 Å². The molecule has 7 heteroatoms. The first kappa shape index (κ1) is 20.2. The Morgan fingerprint density at radius 3 is 2.38 bits per heavy atom. The molecule has 5 rings (SSSR count). The molecule has 3 aromatic carbocycles. The van der Waals surface area contributed by atoms with E-state index in [9.17, 15) is 9.59 Å². The minimum atomic E-state index is -0.391. The molecule has 32 heavy (non-hydrogen) atoms. The standard InChI is InChI=1S/C25H19ClN2O4/c1-15-2-4-16(5-3-15)13-28-24(29)22(17-6-8-18(26)9-7-17)23(25(28)30)27-19-10-11-20-21(12-19)32-14-31-20/h2-12,27H,13-14H2,1H3. The molecule has 0 aromatic heterocycles. The van der Waals surface area contributed by atoms with Crippen LogP contribution in [-0.2, 0) is 16.1 Å². The topological polar surface area (TPSA) is 67.9 Å². The maximum absolute atomic E-state index is 13.4. The SMILES string of the molecule is Cc1ccc(CN2C(=O)C(Nc3ccc4c(c3)OCO4)=C(c3ccc(Cl)cc3)C2=O)cc1. The van der Waals surface area contributed by atoms with Gasteiger partial charge in [-0.3, -0.25) is 14.5 Å². The van der Waals surface area contributed by atoms with Crippen LogP contribution in [0.2, 0.25) is 5.02 Å². The number of carbonyl (C=O) groups is 2. The van der Waals surface area contributed by atoms with Crippen molar-refractivity contribution in [1.29, 1.82) is 0 Å². The van der Waals surface area contributed by atoms with Gasteiger partial charge in [-0.2, -0.15) is 0 Å². The number of nitrogens with zero attached hydrogens (tertiary/aromatic N) is 1. The van der Waals surface area contributed by atoms with Crippen molar-refractivity contribution >= 4 is 34.7 Å². The van der Waals surface area contributed by atoms with Crippen molar-refractivity contribution < 1.29 is 19.1 Å². The van der Waals surface area contributed by atoms with Crippen molar-refractivity contribution in [2.75, 3.05) is 12.1 Å². The number of rotatable bonds is 5. The highest BCUT2D eigenvalue weighted by molar-refractivity contribution is 6.36. The number of nitrogens with one attached hydrogen (secondary N) is 1. The lowest BCUT2D eigenvalue weighted by Gasteiger charge is -2.15. The summed E-state index contributed by atoms with van der Waals surface area (Å²) in [5.74, 6) is 0.466. The number of halogens is 1. The van der Waals surface area contributed by atoms with E-state index in [4.69, 9.17) is 21.1 Å². The first-order valence-electron chi connectivity index (χ1n) is 10.1. The van der Waals surface area contributed by atoms with Crippen molar-refractivity contribution in [1.82, 2.24) is 4.90 Å². The van der Waals surface area contributed by atoms with E-state index in [0.717, 1.165) is 11.1 Å². The number of aryl methyl sites for hydroxylation is 1. The van der Waals surface area contributed by atoms with Crippen LogP contribution in [0, 0.1) is 6.92 Å². The number of hydrogen-bond acceptors (Lipinski definition) is 5. The largest absolute Gasteiger partial charge is 0.454 e. The summed E-state index contributed by atoms with van der Waals surface area (Å²) < 4.78 is 10.8. The Bertz CT molecular complexity index is 1250. The molecule has 0 aliphatic carbocycles. The fourth-order valence-electron chi connectivity index (χ4n) is 3.71. The molecule has 3 aromatic rings. The summed E-state index contributed by atoms with van der Waals surface area (Å²) in [6, 6.07) is 19.9. The number of ether oxygens (including phenoxy) is 2. The maximum atomic E-state index is 13.4. The van der Waals surface area contributed by atoms with E-state index in [-0.39, 0.29) is 24.9 Å². The monoisotopic (exact) mass is 446 g/mol. The van der Waals surface area contributed by atoms with E-state index < -0.39 is 5.91 Å². The van der Waals surface area contributed by atoms with Gasteiger partial charge < -0.3 is 14.8 Å². The summed E-state index contributed by atoms with van der Waals surface area (Å²) >= 11 is 6.03. The zero-order valence-electron chi connectivity index (χ0n) is 17.2. The van der Waals surface area contributed by atoms with Crippen LogP contribution in [0.1, 0.15) is 16.7 Å². The van der Waals surface area contributed by atoms with Crippen LogP contribution in [-0.4, -0.2) is 23.5 Å². The van der Waals surface area contributed by atoms with Crippen molar-refractivity contribution in [2.24, 2.45) is 0 Å². The molecule has 1 N–H and O–H groups in total. The average Bonchev–Trinajstić information content (AvgIpc) is 3.34. The van der Waals surface area contributed by atoms with Crippen LogP contribution < -0.4 is 14.8 Å². The number of anilines is 1. The number of fused-ring (bicyclic) bond motifs is 1. The molecule has 0 fully saturated rings. The summed E-state index contributed by atoms with van der Waals surface area (Å²) in [6.45, 7) is 2.32. The minimum absolute atomic E-state index is 0.152. The van der Waals surface area contributed by atoms with E-state index in [2.05, 4.69) is 5.32 Å². The minimum Gasteiger partial charge on any atom is -0.454 e. The summed E-state index contributed by atoms with van der Waals surface area (Å²) in [4.78, 5) is 28.0. The summed E-state index contributed by atoms with van der Waals surface area (Å²) in [6.07, 6.45) is 0. The van der Waals surface area contributed by atoms with Crippen LogP contribution in [0.3, 0.4) is 0 Å². The van der Waals surface area contributed by atoms with Crippen LogP contribution >= 0.6 is 11.6 Å². The van der Waals surface area contributed by atoms with Gasteiger partial charge in [-0.15, -0.1) is 0 Å². The van der Waals surface area contributed by atoms with Crippen molar-refractivity contribution in [3.05, 3.63) is 94.1 Å². The lowest BCUT2D eigenvalue weighted by Crippen LogP contribution is -2.32. The van der Waals surface area contributed by atoms with Gasteiger partial charge in [0.1, 0.15) is 5.70 Å². The van der Waals surface area contributed by atoms with Gasteiger partial charge in [-0.05, 0) is 42.3 Å². The number of amides is 2. The predicted octanol–water partition coefficient (Wildman–Crippen LogP) is 4.77. The normalized spacial score (nSPS) is 15.0. The molecule has 0 bridgehead atoms. The van der Waals surface area contributed by atoms with Crippen molar-refractivity contribution in [3.63, 3.8) is 0 Å². The first-order valence-corrected chi connectivity index (χ1v) is 10.5. The number of hydrogen-bond donors (Lipinski definition) is 1. The van der Waals surface area contributed by atoms with Gasteiger partial charge in [0.05, 0.1) is 12.1 Å². The Morgan fingerprint density at radius 1 is 0.906 bits per heavy atom. The summed E-state index contributed by atoms with van der Waals surface area (Å²) in [5, 5.41) is 3.69. The highest BCUT2D eigenvalue weighted by Gasteiger charge is 2.39. The van der Waals surface area contributed by atoms with Gasteiger partial charge >= 0.3 is 0 Å². The molecule has 160 valence electrons. The second-order valence-electron chi connectivity index (χ2n) is 7.63. The number of benzene rings is 3. The highest BCUT2D eigenvalue weighted by atomic mass is 35.5. The predicted molar refractivity (Wildman–Crippen MR) is 121 cm³/mol. The fraction of sp³-hybridized carbons (Fsp3) is 0.120. The van der Waals surface area contributed by atoms with Crippen molar-refractivity contribution in [2.45, 2.75) is 13.5 Å². The zero-order valence-corrected chi connectivity index (χ0v) is 18.0. The smallest absolute Gasteiger partial charge is 0.278 e. The third-order valence-electron chi connectivity index (χ3n) is 5.40. The molecule has 2 aliphatic heterocycles. The Kier molecular flexibility index (Phi) is 5.07. The first-order chi connectivity index (χ1) is 15.5. The molecule has 0 radical (unpaired) electrons. The summed E-state index contributed by atoms with van der Waals surface area (Å²) in [5.41, 5.74) is 3.73. The van der Waals surface area contributed by atoms with Gasteiger partial charge in [0.25, 0.3) is 11.8 Å². The third-order valence-corrected chi connectivity index (χ3v) is 5.66. The lowest BCUT2D eigenvalue weighted by molar-refractivity contribution is -0.137. The number of carbonyl (C=O) groups excluding carboxylic acids is 2. The molecular formula is C25H19ClN2O4. The van der Waals surface area contributed by atoms with Gasteiger partial charge in [-0.25, -0.2) is 0 Å². The van der Waals surface area contributed by atoms with E-state index in [0.29, 0.717) is 33.3 Å². The number of imide groups is 1. The van der Waals surface area contributed by atoms with Crippen LogP contribution in [0.25, 0.3) is 5.57 Å². The molecule has 0 atom stereocenters. The highest BCUT2D eigenvalue weighted by Crippen LogP contribution is 2.37. The van der Waals surface area contributed by atoms with Gasteiger partial charge in [0.2, 0.25) is 6.79 Å². The molecule has 0 saturated carbocycles. The van der Waals surface area contributed by atoms with E-state index in [1.165, 1.54) is 4.90 Å². The van der Waals surface area contributed by atoms with Gasteiger partial charge in [0.15, 0.2) is 11.5 Å². The second kappa shape index (κ2) is 8.05. The van der Waals surface area contributed by atoms with E-state index in [1.807, 2.05) is 31.2 Å². The van der Waals surface area contributed by atoms with Crippen LogP contribution in [0.4, 0.5) is 5.69 Å². The van der Waals surface area contributed by atoms with Crippen molar-refractivity contribution in [3.8, 4) is 11.5 Å². The molecule has 0 spiro atoms. The molecule has 6 nitrogen and oxygen atoms in total. The molecule has 2 amide bonds. The van der Waals surface area contributed by atoms with Gasteiger partial charge in [-0.1, -0.05) is 53.6 Å². The Hall–Kier alpha value is -3.77. The summed E-state index contributed by atoms with van der Waals surface area (Å²) in [7, 11) is 0. The Morgan fingerprint density at radius 2 is 1.62 bits per heavy atom. The van der Waals surface area contributed by atoms with Gasteiger partial charge in [0, 0.05) is 16.8 Å². The quantitative estimate of drug-likeness (QED) is 0.572. The maximum Gasteiger partial charge on any atom is 0.278 e. The molecule has 0 saturated heterocycles. The third kappa shape index (κ3) is 3.69. The lowest BCUT2D eigenvalue weighted by atomic mass is 10.0. The molecule has 0 unspecified atom stereocenters. The average molecular weight is 447 g/mol. The van der Waals surface area contributed by atoms with E-state index >= 15 is 0 Å². The Balaban J connectivity index is 1.52. The molecular weight excluding hydrogens is 428 g/mol. The van der Waals surface area contributed by atoms with Crippen LogP contribution in [0.15, 0.2) is 72.4 Å². The zero-order chi connectivity index (χ0) is 22.2. The molecule has 2 aliphatic rings. The Labute approximate surface area is 190 Å². The fourth-order valence-corrected chi connectivity index (χ4v) is 3.84. The van der Waals surface area contributed by atoms with E-state index in [1.54, 1.807) is 42.5 Å².